The zero-order valence-electron chi connectivity index (χ0n) is 12.6. The fraction of sp³-hybridized carbons (Fsp3) is 0.500. The van der Waals surface area contributed by atoms with Crippen molar-refractivity contribution in [3.05, 3.63) is 28.0 Å². The van der Waals surface area contributed by atoms with E-state index in [4.69, 9.17) is 10.5 Å². The van der Waals surface area contributed by atoms with Crippen molar-refractivity contribution in [2.75, 3.05) is 17.7 Å². The van der Waals surface area contributed by atoms with Crippen molar-refractivity contribution in [3.8, 4) is 0 Å². The molecule has 0 aliphatic rings. The van der Waals surface area contributed by atoms with Crippen LogP contribution in [0.4, 0.5) is 11.6 Å². The number of aromatic nitrogens is 3. The number of hydrogen-bond acceptors (Lipinski definition) is 7. The van der Waals surface area contributed by atoms with E-state index < -0.39 is 0 Å². The zero-order valence-corrected chi connectivity index (χ0v) is 13.4. The highest BCUT2D eigenvalue weighted by Crippen LogP contribution is 2.23. The number of aryl methyl sites for hydroxylation is 1. The molecular formula is C14H21N5OS. The van der Waals surface area contributed by atoms with Crippen LogP contribution in [0.2, 0.25) is 0 Å². The molecular weight excluding hydrogens is 286 g/mol. The number of ether oxygens (including phenoxy) is 1. The molecule has 21 heavy (non-hydrogen) atoms. The Morgan fingerprint density at radius 2 is 2.19 bits per heavy atom. The summed E-state index contributed by atoms with van der Waals surface area (Å²) in [5.41, 5.74) is 5.81. The van der Waals surface area contributed by atoms with Crippen LogP contribution in [-0.4, -0.2) is 21.6 Å². The fourth-order valence-corrected chi connectivity index (χ4v) is 2.68. The van der Waals surface area contributed by atoms with Gasteiger partial charge in [-0.05, 0) is 20.3 Å². The second kappa shape index (κ2) is 7.33. The van der Waals surface area contributed by atoms with Gasteiger partial charge in [0.1, 0.15) is 23.3 Å². The molecule has 7 heteroatoms. The van der Waals surface area contributed by atoms with Gasteiger partial charge in [0.05, 0.1) is 6.04 Å². The predicted molar refractivity (Wildman–Crippen MR) is 85.3 cm³/mol. The van der Waals surface area contributed by atoms with Gasteiger partial charge in [0.15, 0.2) is 5.82 Å². The minimum absolute atomic E-state index is 0.0737. The van der Waals surface area contributed by atoms with Crippen LogP contribution in [0.25, 0.3) is 0 Å². The number of nitrogens with zero attached hydrogens (tertiary/aromatic N) is 3. The first-order valence-electron chi connectivity index (χ1n) is 7.04. The first-order chi connectivity index (χ1) is 10.1. The third-order valence-electron chi connectivity index (χ3n) is 2.88. The minimum Gasteiger partial charge on any atom is -0.384 e. The monoisotopic (exact) mass is 307 g/mol. The maximum atomic E-state index is 5.81. The lowest BCUT2D eigenvalue weighted by Gasteiger charge is -2.13. The van der Waals surface area contributed by atoms with Crippen LogP contribution in [-0.2, 0) is 17.8 Å². The number of nitrogens with one attached hydrogen (secondary N) is 1. The van der Waals surface area contributed by atoms with Gasteiger partial charge >= 0.3 is 0 Å². The van der Waals surface area contributed by atoms with Crippen molar-refractivity contribution in [2.45, 2.75) is 39.8 Å². The minimum atomic E-state index is 0.0737. The number of hydrogen-bond donors (Lipinski definition) is 2. The summed E-state index contributed by atoms with van der Waals surface area (Å²) in [6.45, 7) is 7.10. The van der Waals surface area contributed by atoms with Gasteiger partial charge in [-0.1, -0.05) is 6.92 Å². The van der Waals surface area contributed by atoms with E-state index in [2.05, 4.69) is 34.1 Å². The largest absolute Gasteiger partial charge is 0.384 e. The number of nitrogens with two attached hydrogens (primary N) is 1. The third-order valence-corrected chi connectivity index (χ3v) is 4.21. The average molecular weight is 307 g/mol. The van der Waals surface area contributed by atoms with Crippen molar-refractivity contribution in [2.24, 2.45) is 0 Å². The van der Waals surface area contributed by atoms with Gasteiger partial charge in [0.25, 0.3) is 0 Å². The molecule has 0 aliphatic heterocycles. The molecule has 2 aromatic heterocycles. The summed E-state index contributed by atoms with van der Waals surface area (Å²) in [7, 11) is 0. The molecule has 0 fully saturated rings. The SMILES string of the molecule is CCOCc1nc(N)cc(NC(C)c2ncc(CC)s2)n1. The van der Waals surface area contributed by atoms with Crippen molar-refractivity contribution in [3.63, 3.8) is 0 Å². The van der Waals surface area contributed by atoms with Gasteiger partial charge in [-0.15, -0.1) is 11.3 Å². The lowest BCUT2D eigenvalue weighted by molar-refractivity contribution is 0.128. The molecule has 0 spiro atoms. The van der Waals surface area contributed by atoms with Gasteiger partial charge in [-0.2, -0.15) is 0 Å². The zero-order chi connectivity index (χ0) is 15.2. The van der Waals surface area contributed by atoms with Gasteiger partial charge in [0.2, 0.25) is 0 Å². The van der Waals surface area contributed by atoms with Crippen LogP contribution in [0, 0.1) is 0 Å². The number of anilines is 2. The van der Waals surface area contributed by atoms with Crippen molar-refractivity contribution in [1.82, 2.24) is 15.0 Å². The first-order valence-corrected chi connectivity index (χ1v) is 7.86. The number of rotatable bonds is 7. The second-order valence-corrected chi connectivity index (χ2v) is 5.76. The quantitative estimate of drug-likeness (QED) is 0.818. The lowest BCUT2D eigenvalue weighted by atomic mass is 10.3. The Labute approximate surface area is 128 Å². The summed E-state index contributed by atoms with van der Waals surface area (Å²) in [6.07, 6.45) is 2.93. The average Bonchev–Trinajstić information content (AvgIpc) is 2.93. The van der Waals surface area contributed by atoms with Gasteiger partial charge in [-0.25, -0.2) is 15.0 Å². The van der Waals surface area contributed by atoms with Crippen molar-refractivity contribution >= 4 is 23.0 Å². The molecule has 0 bridgehead atoms. The van der Waals surface area contributed by atoms with Crippen LogP contribution in [0.15, 0.2) is 12.3 Å². The normalized spacial score (nSPS) is 12.3. The summed E-state index contributed by atoms with van der Waals surface area (Å²) in [5.74, 6) is 1.71. The van der Waals surface area contributed by atoms with E-state index in [0.717, 1.165) is 11.4 Å². The highest BCUT2D eigenvalue weighted by atomic mass is 32.1. The van der Waals surface area contributed by atoms with Crippen LogP contribution < -0.4 is 11.1 Å². The Kier molecular flexibility index (Phi) is 5.46. The third kappa shape index (κ3) is 4.37. The summed E-state index contributed by atoms with van der Waals surface area (Å²) in [5, 5.41) is 4.35. The lowest BCUT2D eigenvalue weighted by Crippen LogP contribution is -2.11. The molecule has 0 saturated heterocycles. The summed E-state index contributed by atoms with van der Waals surface area (Å²) < 4.78 is 5.32. The summed E-state index contributed by atoms with van der Waals surface area (Å²) in [6, 6.07) is 1.80. The number of thiazole rings is 1. The van der Waals surface area contributed by atoms with Gasteiger partial charge in [-0.3, -0.25) is 0 Å². The fourth-order valence-electron chi connectivity index (χ4n) is 1.82. The molecule has 6 nitrogen and oxygen atoms in total. The van der Waals surface area contributed by atoms with E-state index in [1.54, 1.807) is 17.4 Å². The Balaban J connectivity index is 2.08. The Hall–Kier alpha value is -1.73. The van der Waals surface area contributed by atoms with Crippen LogP contribution in [0.1, 0.15) is 42.5 Å². The molecule has 3 N–H and O–H groups in total. The maximum Gasteiger partial charge on any atom is 0.158 e. The first kappa shape index (κ1) is 15.7. The topological polar surface area (TPSA) is 86.0 Å². The van der Waals surface area contributed by atoms with Crippen LogP contribution in [0.3, 0.4) is 0 Å². The molecule has 1 atom stereocenters. The Bertz CT molecular complexity index is 586. The molecule has 0 aromatic carbocycles. The standard InChI is InChI=1S/C14H21N5OS/c1-4-10-7-16-14(21-10)9(3)17-12-6-11(15)18-13(19-12)8-20-5-2/h6-7,9H,4-5,8H2,1-3H3,(H3,15,17,18,19). The van der Waals surface area contributed by atoms with E-state index in [9.17, 15) is 0 Å². The van der Waals surface area contributed by atoms with Crippen LogP contribution >= 0.6 is 11.3 Å². The van der Waals surface area contributed by atoms with Gasteiger partial charge < -0.3 is 15.8 Å². The Morgan fingerprint density at radius 1 is 1.38 bits per heavy atom. The summed E-state index contributed by atoms with van der Waals surface area (Å²) >= 11 is 1.71. The van der Waals surface area contributed by atoms with E-state index >= 15 is 0 Å². The van der Waals surface area contributed by atoms with E-state index in [-0.39, 0.29) is 6.04 Å². The van der Waals surface area contributed by atoms with Crippen LogP contribution in [0.5, 0.6) is 0 Å². The van der Waals surface area contributed by atoms with E-state index in [1.165, 1.54) is 4.88 Å². The molecule has 0 amide bonds. The predicted octanol–water partition coefficient (Wildman–Crippen LogP) is 2.79. The smallest absolute Gasteiger partial charge is 0.158 e. The highest BCUT2D eigenvalue weighted by Gasteiger charge is 2.12. The molecule has 2 aromatic rings. The Morgan fingerprint density at radius 3 is 2.86 bits per heavy atom. The van der Waals surface area contributed by atoms with E-state index in [1.807, 2.05) is 13.1 Å². The number of nitrogen functional groups attached to an aromatic ring is 1. The summed E-state index contributed by atoms with van der Waals surface area (Å²) in [4.78, 5) is 14.3. The molecule has 0 aliphatic carbocycles. The molecule has 114 valence electrons. The molecule has 2 rings (SSSR count). The molecule has 0 saturated carbocycles. The molecule has 1 unspecified atom stereocenters. The highest BCUT2D eigenvalue weighted by molar-refractivity contribution is 7.11. The van der Waals surface area contributed by atoms with Gasteiger partial charge in [0, 0.05) is 23.7 Å². The molecule has 0 radical (unpaired) electrons. The second-order valence-electron chi connectivity index (χ2n) is 4.62. The van der Waals surface area contributed by atoms with E-state index in [0.29, 0.717) is 30.7 Å². The van der Waals surface area contributed by atoms with Crippen molar-refractivity contribution in [1.29, 1.82) is 0 Å². The maximum absolute atomic E-state index is 5.81. The molecule has 2 heterocycles. The van der Waals surface area contributed by atoms with Crippen molar-refractivity contribution < 1.29 is 4.74 Å².